The Kier molecular flexibility index (Phi) is 4.15. The lowest BCUT2D eigenvalue weighted by Gasteiger charge is -2.07. The number of carboxylic acid groups (broad SMARTS) is 1. The van der Waals surface area contributed by atoms with Crippen molar-refractivity contribution in [3.8, 4) is 5.75 Å². The predicted molar refractivity (Wildman–Crippen MR) is 37.3 cm³/mol. The predicted octanol–water partition coefficient (Wildman–Crippen LogP) is -2.94. The summed E-state index contributed by atoms with van der Waals surface area (Å²) in [5.41, 5.74) is 0.0787. The van der Waals surface area contributed by atoms with Gasteiger partial charge in [0.15, 0.2) is 0 Å². The molecule has 0 amide bonds. The van der Waals surface area contributed by atoms with E-state index in [4.69, 9.17) is 4.74 Å². The lowest BCUT2D eigenvalue weighted by Crippen LogP contribution is -3.00. The van der Waals surface area contributed by atoms with Gasteiger partial charge in [0.2, 0.25) is 0 Å². The maximum atomic E-state index is 10.4. The number of carbonyl (C=O) groups is 1. The van der Waals surface area contributed by atoms with Gasteiger partial charge >= 0.3 is 0 Å². The molecule has 0 aromatic heterocycles. The maximum Gasteiger partial charge on any atom is 0.127 e. The first kappa shape index (κ1) is 10.8. The summed E-state index contributed by atoms with van der Waals surface area (Å²) in [4.78, 5) is 10.4. The van der Waals surface area contributed by atoms with Gasteiger partial charge in [0, 0.05) is 5.56 Å². The van der Waals surface area contributed by atoms with E-state index in [1.165, 1.54) is 13.2 Å². The van der Waals surface area contributed by atoms with Crippen LogP contribution in [0.5, 0.6) is 5.75 Å². The van der Waals surface area contributed by atoms with Crippen molar-refractivity contribution in [2.75, 3.05) is 7.11 Å². The summed E-state index contributed by atoms with van der Waals surface area (Å²) in [5, 5.41) is 10.4. The van der Waals surface area contributed by atoms with E-state index < -0.39 is 5.97 Å². The molecule has 0 bridgehead atoms. The summed E-state index contributed by atoms with van der Waals surface area (Å²) in [6.07, 6.45) is 0. The lowest BCUT2D eigenvalue weighted by molar-refractivity contribution is -0.255. The zero-order valence-corrected chi connectivity index (χ0v) is 7.17. The standard InChI is InChI=1S/C8H8O3.ClH/c1-11-7-5-3-2-4-6(7)8(9)10;/h2-5H,1H3,(H,9,10);1H/p-2. The zero-order chi connectivity index (χ0) is 8.27. The van der Waals surface area contributed by atoms with Crippen LogP contribution in [0.3, 0.4) is 0 Å². The maximum absolute atomic E-state index is 10.4. The Morgan fingerprint density at radius 2 is 2.00 bits per heavy atom. The third kappa shape index (κ3) is 2.13. The highest BCUT2D eigenvalue weighted by atomic mass is 35.5. The third-order valence-electron chi connectivity index (χ3n) is 1.33. The van der Waals surface area contributed by atoms with Crippen LogP contribution in [-0.2, 0) is 0 Å². The van der Waals surface area contributed by atoms with Gasteiger partial charge in [0.05, 0.1) is 13.1 Å². The quantitative estimate of drug-likeness (QED) is 0.497. The first-order valence-corrected chi connectivity index (χ1v) is 3.10. The van der Waals surface area contributed by atoms with Gasteiger partial charge in [-0.3, -0.25) is 0 Å². The molecule has 0 atom stereocenters. The number of hydrogen-bond acceptors (Lipinski definition) is 3. The minimum Gasteiger partial charge on any atom is -1.00 e. The van der Waals surface area contributed by atoms with Crippen LogP contribution < -0.4 is 22.3 Å². The van der Waals surface area contributed by atoms with Crippen molar-refractivity contribution in [3.63, 3.8) is 0 Å². The van der Waals surface area contributed by atoms with Crippen LogP contribution in [0.25, 0.3) is 0 Å². The van der Waals surface area contributed by atoms with E-state index in [0.29, 0.717) is 5.75 Å². The van der Waals surface area contributed by atoms with Crippen LogP contribution in [0.4, 0.5) is 0 Å². The number of aromatic carboxylic acids is 1. The molecule has 0 radical (unpaired) electrons. The average molecular weight is 187 g/mol. The van der Waals surface area contributed by atoms with Gasteiger partial charge in [-0.25, -0.2) is 0 Å². The van der Waals surface area contributed by atoms with Crippen LogP contribution in [0.15, 0.2) is 24.3 Å². The number of hydrogen-bond donors (Lipinski definition) is 0. The van der Waals surface area contributed by atoms with Gasteiger partial charge in [-0.2, -0.15) is 0 Å². The summed E-state index contributed by atoms with van der Waals surface area (Å²) < 4.78 is 4.79. The molecule has 1 aromatic carbocycles. The Morgan fingerprint density at radius 1 is 1.42 bits per heavy atom. The molecule has 0 heterocycles. The highest BCUT2D eigenvalue weighted by molar-refractivity contribution is 5.89. The number of para-hydroxylation sites is 1. The monoisotopic (exact) mass is 186 g/mol. The van der Waals surface area contributed by atoms with Crippen LogP contribution >= 0.6 is 0 Å². The van der Waals surface area contributed by atoms with E-state index in [-0.39, 0.29) is 18.0 Å². The minimum absolute atomic E-state index is 0. The Bertz CT molecular complexity index is 273. The van der Waals surface area contributed by atoms with E-state index >= 15 is 0 Å². The van der Waals surface area contributed by atoms with Crippen molar-refractivity contribution >= 4 is 5.97 Å². The normalized spacial score (nSPS) is 8.42. The van der Waals surface area contributed by atoms with E-state index in [1.807, 2.05) is 0 Å². The Balaban J connectivity index is 0.00000121. The molecule has 3 nitrogen and oxygen atoms in total. The second kappa shape index (κ2) is 4.62. The smallest absolute Gasteiger partial charge is 0.127 e. The number of carboxylic acids is 1. The number of methoxy groups -OCH3 is 1. The molecule has 0 aliphatic heterocycles. The fourth-order valence-electron chi connectivity index (χ4n) is 0.813. The summed E-state index contributed by atoms with van der Waals surface area (Å²) >= 11 is 0. The second-order valence-corrected chi connectivity index (χ2v) is 1.99. The number of carbonyl (C=O) groups excluding carboxylic acids is 1. The number of benzene rings is 1. The van der Waals surface area contributed by atoms with Gasteiger partial charge < -0.3 is 27.0 Å². The molecular weight excluding hydrogens is 180 g/mol. The molecule has 0 N–H and O–H groups in total. The molecule has 4 heteroatoms. The fourth-order valence-corrected chi connectivity index (χ4v) is 0.813. The van der Waals surface area contributed by atoms with Crippen LogP contribution in [0.2, 0.25) is 0 Å². The summed E-state index contributed by atoms with van der Waals surface area (Å²) in [6, 6.07) is 6.33. The molecule has 1 aromatic rings. The Hall–Kier alpha value is -1.22. The summed E-state index contributed by atoms with van der Waals surface area (Å²) in [7, 11) is 1.42. The van der Waals surface area contributed by atoms with Crippen LogP contribution in [0.1, 0.15) is 10.4 Å². The molecule has 0 fully saturated rings. The molecular formula is C8H7ClO3-2. The fraction of sp³-hybridized carbons (Fsp3) is 0.125. The molecule has 12 heavy (non-hydrogen) atoms. The lowest BCUT2D eigenvalue weighted by atomic mass is 10.2. The second-order valence-electron chi connectivity index (χ2n) is 1.99. The molecule has 0 unspecified atom stereocenters. The van der Waals surface area contributed by atoms with Crippen molar-refractivity contribution in [1.29, 1.82) is 0 Å². The van der Waals surface area contributed by atoms with Gasteiger partial charge in [0.25, 0.3) is 0 Å². The molecule has 0 saturated heterocycles. The van der Waals surface area contributed by atoms with Crippen molar-refractivity contribution in [1.82, 2.24) is 0 Å². The van der Waals surface area contributed by atoms with Crippen molar-refractivity contribution in [3.05, 3.63) is 29.8 Å². The Labute approximate surface area is 76.4 Å². The minimum atomic E-state index is -1.22. The molecule has 0 spiro atoms. The number of ether oxygens (including phenoxy) is 1. The Morgan fingerprint density at radius 3 is 2.42 bits per heavy atom. The first-order valence-electron chi connectivity index (χ1n) is 3.10. The number of rotatable bonds is 2. The summed E-state index contributed by atoms with van der Waals surface area (Å²) in [6.45, 7) is 0. The SMILES string of the molecule is COc1ccccc1C(=O)[O-].[Cl-]. The van der Waals surface area contributed by atoms with E-state index in [9.17, 15) is 9.90 Å². The largest absolute Gasteiger partial charge is 1.00 e. The third-order valence-corrected chi connectivity index (χ3v) is 1.33. The van der Waals surface area contributed by atoms with Gasteiger partial charge in [0.1, 0.15) is 5.75 Å². The van der Waals surface area contributed by atoms with Crippen molar-refractivity contribution < 1.29 is 27.0 Å². The topological polar surface area (TPSA) is 49.4 Å². The van der Waals surface area contributed by atoms with E-state index in [1.54, 1.807) is 18.2 Å². The van der Waals surface area contributed by atoms with E-state index in [2.05, 4.69) is 0 Å². The van der Waals surface area contributed by atoms with Gasteiger partial charge in [-0.15, -0.1) is 0 Å². The molecule has 1 rings (SSSR count). The summed E-state index contributed by atoms with van der Waals surface area (Å²) in [5.74, 6) is -0.894. The van der Waals surface area contributed by atoms with Gasteiger partial charge in [-0.05, 0) is 12.1 Å². The molecule has 0 saturated carbocycles. The first-order chi connectivity index (χ1) is 5.25. The van der Waals surface area contributed by atoms with Crippen molar-refractivity contribution in [2.45, 2.75) is 0 Å². The van der Waals surface area contributed by atoms with Crippen LogP contribution in [-0.4, -0.2) is 13.1 Å². The molecule has 66 valence electrons. The highest BCUT2D eigenvalue weighted by Gasteiger charge is 1.99. The van der Waals surface area contributed by atoms with Gasteiger partial charge in [-0.1, -0.05) is 12.1 Å². The molecule has 0 aliphatic rings. The van der Waals surface area contributed by atoms with Crippen LogP contribution in [0, 0.1) is 0 Å². The average Bonchev–Trinajstić information content (AvgIpc) is 2.04. The van der Waals surface area contributed by atoms with E-state index in [0.717, 1.165) is 0 Å². The molecule has 0 aliphatic carbocycles. The zero-order valence-electron chi connectivity index (χ0n) is 6.41. The van der Waals surface area contributed by atoms with Crippen molar-refractivity contribution in [2.24, 2.45) is 0 Å². The number of halogens is 1. The highest BCUT2D eigenvalue weighted by Crippen LogP contribution is 2.15.